The molecule has 0 radical (unpaired) electrons. The third-order valence-electron chi connectivity index (χ3n) is 3.06. The molecule has 1 aliphatic rings. The van der Waals surface area contributed by atoms with E-state index in [0.29, 0.717) is 6.54 Å². The van der Waals surface area contributed by atoms with Crippen molar-refractivity contribution in [1.82, 2.24) is 10.6 Å². The first-order valence-electron chi connectivity index (χ1n) is 5.77. The van der Waals surface area contributed by atoms with Gasteiger partial charge in [0.05, 0.1) is 18.7 Å². The maximum Gasteiger partial charge on any atom is 0.237 e. The first-order chi connectivity index (χ1) is 7.65. The third kappa shape index (κ3) is 3.84. The number of amides is 1. The zero-order valence-corrected chi connectivity index (χ0v) is 9.70. The predicted molar refractivity (Wildman–Crippen MR) is 62.7 cm³/mol. The van der Waals surface area contributed by atoms with E-state index in [0.717, 1.165) is 19.3 Å². The Labute approximate surface area is 96.8 Å². The van der Waals surface area contributed by atoms with Gasteiger partial charge < -0.3 is 15.7 Å². The quantitative estimate of drug-likeness (QED) is 0.570. The molecule has 0 aromatic rings. The number of aliphatic hydroxyl groups excluding tert-OH is 1. The average Bonchev–Trinajstić information content (AvgIpc) is 2.68. The van der Waals surface area contributed by atoms with E-state index in [4.69, 9.17) is 6.42 Å². The van der Waals surface area contributed by atoms with Crippen LogP contribution >= 0.6 is 0 Å². The molecule has 0 aromatic heterocycles. The van der Waals surface area contributed by atoms with Crippen molar-refractivity contribution >= 4 is 5.91 Å². The smallest absolute Gasteiger partial charge is 0.237 e. The Hall–Kier alpha value is -1.05. The summed E-state index contributed by atoms with van der Waals surface area (Å²) in [6.07, 6.45) is 7.82. The van der Waals surface area contributed by atoms with Crippen molar-refractivity contribution in [3.8, 4) is 12.3 Å². The van der Waals surface area contributed by atoms with E-state index >= 15 is 0 Å². The van der Waals surface area contributed by atoms with Crippen molar-refractivity contribution in [3.05, 3.63) is 0 Å². The molecule has 0 heterocycles. The maximum atomic E-state index is 11.5. The number of hydrogen-bond acceptors (Lipinski definition) is 3. The molecular weight excluding hydrogens is 204 g/mol. The summed E-state index contributed by atoms with van der Waals surface area (Å²) < 4.78 is 0. The van der Waals surface area contributed by atoms with E-state index in [1.807, 2.05) is 0 Å². The number of carbonyl (C=O) groups excluding carboxylic acids is 1. The van der Waals surface area contributed by atoms with Gasteiger partial charge in [0.15, 0.2) is 0 Å². The van der Waals surface area contributed by atoms with Gasteiger partial charge in [-0.1, -0.05) is 12.3 Å². The second-order valence-corrected chi connectivity index (χ2v) is 4.31. The summed E-state index contributed by atoms with van der Waals surface area (Å²) in [5.41, 5.74) is 0. The van der Waals surface area contributed by atoms with Crippen molar-refractivity contribution < 1.29 is 9.90 Å². The van der Waals surface area contributed by atoms with Crippen LogP contribution in [0.25, 0.3) is 0 Å². The molecule has 3 unspecified atom stereocenters. The highest BCUT2D eigenvalue weighted by Gasteiger charge is 2.25. The van der Waals surface area contributed by atoms with Gasteiger partial charge >= 0.3 is 0 Å². The van der Waals surface area contributed by atoms with Crippen LogP contribution in [0.4, 0.5) is 0 Å². The van der Waals surface area contributed by atoms with Crippen LogP contribution < -0.4 is 10.6 Å². The van der Waals surface area contributed by atoms with E-state index in [1.165, 1.54) is 0 Å². The molecule has 16 heavy (non-hydrogen) atoms. The molecule has 1 saturated carbocycles. The normalized spacial score (nSPS) is 26.1. The molecule has 1 amide bonds. The van der Waals surface area contributed by atoms with Crippen molar-refractivity contribution in [1.29, 1.82) is 0 Å². The van der Waals surface area contributed by atoms with Gasteiger partial charge in [0, 0.05) is 6.54 Å². The molecule has 3 atom stereocenters. The molecule has 90 valence electrons. The number of hydrogen-bond donors (Lipinski definition) is 3. The van der Waals surface area contributed by atoms with Crippen molar-refractivity contribution in [3.63, 3.8) is 0 Å². The third-order valence-corrected chi connectivity index (χ3v) is 3.06. The van der Waals surface area contributed by atoms with E-state index in [1.54, 1.807) is 6.92 Å². The fourth-order valence-corrected chi connectivity index (χ4v) is 1.97. The number of rotatable bonds is 5. The number of aliphatic hydroxyl groups is 1. The number of terminal acetylenes is 1. The van der Waals surface area contributed by atoms with Gasteiger partial charge in [0.25, 0.3) is 0 Å². The van der Waals surface area contributed by atoms with Crippen molar-refractivity contribution in [2.45, 2.75) is 38.3 Å². The zero-order valence-electron chi connectivity index (χ0n) is 9.70. The molecule has 4 nitrogen and oxygen atoms in total. The Morgan fingerprint density at radius 3 is 2.94 bits per heavy atom. The fourth-order valence-electron chi connectivity index (χ4n) is 1.97. The van der Waals surface area contributed by atoms with Crippen LogP contribution in [0.2, 0.25) is 0 Å². The summed E-state index contributed by atoms with van der Waals surface area (Å²) in [6, 6.07) is -0.263. The topological polar surface area (TPSA) is 61.4 Å². The molecule has 0 bridgehead atoms. The minimum atomic E-state index is -0.263. The van der Waals surface area contributed by atoms with Crippen molar-refractivity contribution in [2.24, 2.45) is 5.92 Å². The second kappa shape index (κ2) is 6.51. The Bertz CT molecular complexity index is 273. The van der Waals surface area contributed by atoms with Crippen LogP contribution in [0.1, 0.15) is 26.2 Å². The van der Waals surface area contributed by atoms with Gasteiger partial charge in [-0.25, -0.2) is 0 Å². The van der Waals surface area contributed by atoms with Gasteiger partial charge in [0.1, 0.15) is 0 Å². The summed E-state index contributed by atoms with van der Waals surface area (Å²) >= 11 is 0. The maximum absolute atomic E-state index is 11.5. The lowest BCUT2D eigenvalue weighted by Crippen LogP contribution is -2.44. The van der Waals surface area contributed by atoms with E-state index in [-0.39, 0.29) is 30.5 Å². The second-order valence-electron chi connectivity index (χ2n) is 4.31. The fraction of sp³-hybridized carbons (Fsp3) is 0.750. The SMILES string of the molecule is C#CCNC(=O)C(C)NCC1CCCC1O. The first-order valence-corrected chi connectivity index (χ1v) is 5.77. The molecule has 1 aliphatic carbocycles. The average molecular weight is 224 g/mol. The van der Waals surface area contributed by atoms with Gasteiger partial charge in [0.2, 0.25) is 5.91 Å². The molecule has 0 spiro atoms. The van der Waals surface area contributed by atoms with E-state index in [2.05, 4.69) is 16.6 Å². The molecule has 0 aliphatic heterocycles. The summed E-state index contributed by atoms with van der Waals surface area (Å²) in [6.45, 7) is 2.75. The van der Waals surface area contributed by atoms with Crippen LogP contribution in [0.3, 0.4) is 0 Å². The van der Waals surface area contributed by atoms with Crippen LogP contribution in [-0.2, 0) is 4.79 Å². The first kappa shape index (κ1) is 13.0. The summed E-state index contributed by atoms with van der Waals surface area (Å²) in [4.78, 5) is 11.5. The molecule has 3 N–H and O–H groups in total. The van der Waals surface area contributed by atoms with Crippen LogP contribution in [-0.4, -0.2) is 36.2 Å². The van der Waals surface area contributed by atoms with Crippen LogP contribution in [0, 0.1) is 18.3 Å². The Kier molecular flexibility index (Phi) is 5.30. The number of nitrogens with one attached hydrogen (secondary N) is 2. The van der Waals surface area contributed by atoms with Crippen LogP contribution in [0.5, 0.6) is 0 Å². The van der Waals surface area contributed by atoms with Crippen LogP contribution in [0.15, 0.2) is 0 Å². The lowest BCUT2D eigenvalue weighted by molar-refractivity contribution is -0.122. The largest absolute Gasteiger partial charge is 0.393 e. The minimum Gasteiger partial charge on any atom is -0.393 e. The van der Waals surface area contributed by atoms with E-state index < -0.39 is 0 Å². The van der Waals surface area contributed by atoms with Gasteiger partial charge in [-0.2, -0.15) is 0 Å². The summed E-state index contributed by atoms with van der Waals surface area (Å²) in [7, 11) is 0. The monoisotopic (exact) mass is 224 g/mol. The lowest BCUT2D eigenvalue weighted by atomic mass is 10.1. The van der Waals surface area contributed by atoms with Gasteiger partial charge in [-0.3, -0.25) is 4.79 Å². The number of carbonyl (C=O) groups is 1. The molecule has 1 fully saturated rings. The zero-order chi connectivity index (χ0) is 12.0. The molecule has 0 saturated heterocycles. The summed E-state index contributed by atoms with van der Waals surface area (Å²) in [5.74, 6) is 2.55. The highest BCUT2D eigenvalue weighted by molar-refractivity contribution is 5.81. The molecule has 1 rings (SSSR count). The Balaban J connectivity index is 2.21. The Morgan fingerprint density at radius 2 is 2.38 bits per heavy atom. The van der Waals surface area contributed by atoms with Gasteiger partial charge in [-0.15, -0.1) is 6.42 Å². The molecular formula is C12H20N2O2. The highest BCUT2D eigenvalue weighted by Crippen LogP contribution is 2.24. The minimum absolute atomic E-state index is 0.0922. The highest BCUT2D eigenvalue weighted by atomic mass is 16.3. The Morgan fingerprint density at radius 1 is 1.62 bits per heavy atom. The molecule has 4 heteroatoms. The van der Waals surface area contributed by atoms with Crippen molar-refractivity contribution in [2.75, 3.05) is 13.1 Å². The standard InChI is InChI=1S/C12H20N2O2/c1-3-7-13-12(16)9(2)14-8-10-5-4-6-11(10)15/h1,9-11,14-15H,4-8H2,2H3,(H,13,16). The predicted octanol–water partition coefficient (Wildman–Crippen LogP) is -0.125. The summed E-state index contributed by atoms with van der Waals surface area (Å²) in [5, 5.41) is 15.4. The van der Waals surface area contributed by atoms with E-state index in [9.17, 15) is 9.90 Å². The molecule has 0 aromatic carbocycles. The van der Waals surface area contributed by atoms with Gasteiger partial charge in [-0.05, 0) is 25.7 Å². The lowest BCUT2D eigenvalue weighted by Gasteiger charge is -2.18.